The first-order valence-corrected chi connectivity index (χ1v) is 7.84. The standard InChI is InChI=1S/C14H18N4O3S/c1-10(2)8-11(12-4-3-7-22-12)15-14(19)9-17-6-5-13(16-17)18(20)21/h3-7,10-11H,8-9H2,1-2H3,(H,15,19). The van der Waals surface area contributed by atoms with Gasteiger partial charge in [0.15, 0.2) is 0 Å². The SMILES string of the molecule is CC(C)CC(NC(=O)Cn1ccc([N+](=O)[O-])n1)c1cccs1. The second kappa shape index (κ2) is 7.17. The van der Waals surface area contributed by atoms with Crippen molar-refractivity contribution in [2.45, 2.75) is 32.9 Å². The second-order valence-electron chi connectivity index (χ2n) is 5.39. The summed E-state index contributed by atoms with van der Waals surface area (Å²) in [6, 6.07) is 5.18. The van der Waals surface area contributed by atoms with Gasteiger partial charge in [0.2, 0.25) is 5.91 Å². The largest absolute Gasteiger partial charge is 0.389 e. The molecular weight excluding hydrogens is 304 g/mol. The normalized spacial score (nSPS) is 12.3. The minimum atomic E-state index is -0.582. The van der Waals surface area contributed by atoms with E-state index in [0.29, 0.717) is 5.92 Å². The van der Waals surface area contributed by atoms with Gasteiger partial charge in [-0.05, 0) is 28.7 Å². The van der Waals surface area contributed by atoms with Crippen LogP contribution in [-0.4, -0.2) is 20.6 Å². The van der Waals surface area contributed by atoms with Crippen LogP contribution in [-0.2, 0) is 11.3 Å². The maximum Gasteiger partial charge on any atom is 0.389 e. The molecule has 0 aromatic carbocycles. The molecule has 8 heteroatoms. The molecule has 0 aliphatic heterocycles. The van der Waals surface area contributed by atoms with Crippen LogP contribution < -0.4 is 5.32 Å². The van der Waals surface area contributed by atoms with E-state index in [-0.39, 0.29) is 24.3 Å². The van der Waals surface area contributed by atoms with Crippen molar-refractivity contribution in [1.82, 2.24) is 15.1 Å². The molecule has 2 heterocycles. The molecule has 118 valence electrons. The van der Waals surface area contributed by atoms with Crippen LogP contribution in [0.1, 0.15) is 31.2 Å². The van der Waals surface area contributed by atoms with Gasteiger partial charge < -0.3 is 15.4 Å². The molecule has 2 rings (SSSR count). The van der Waals surface area contributed by atoms with E-state index in [2.05, 4.69) is 24.3 Å². The van der Waals surface area contributed by atoms with E-state index in [1.54, 1.807) is 11.3 Å². The summed E-state index contributed by atoms with van der Waals surface area (Å²) >= 11 is 1.60. The predicted octanol–water partition coefficient (Wildman–Crippen LogP) is 2.76. The minimum Gasteiger partial charge on any atom is -0.358 e. The molecule has 1 atom stereocenters. The molecule has 0 saturated heterocycles. The summed E-state index contributed by atoms with van der Waals surface area (Å²) < 4.78 is 1.27. The molecule has 1 unspecified atom stereocenters. The van der Waals surface area contributed by atoms with Gasteiger partial charge >= 0.3 is 5.82 Å². The Balaban J connectivity index is 1.99. The third-order valence-corrected chi connectivity index (χ3v) is 4.03. The average molecular weight is 322 g/mol. The van der Waals surface area contributed by atoms with Crippen LogP contribution in [0.15, 0.2) is 29.8 Å². The maximum absolute atomic E-state index is 12.1. The molecular formula is C14H18N4O3S. The monoisotopic (exact) mass is 322 g/mol. The fourth-order valence-corrected chi connectivity index (χ4v) is 2.92. The highest BCUT2D eigenvalue weighted by Gasteiger charge is 2.19. The first-order chi connectivity index (χ1) is 10.5. The van der Waals surface area contributed by atoms with Gasteiger partial charge in [0.25, 0.3) is 0 Å². The van der Waals surface area contributed by atoms with Gasteiger partial charge in [-0.15, -0.1) is 11.3 Å². The third-order valence-electron chi connectivity index (χ3n) is 3.05. The van der Waals surface area contributed by atoms with Crippen molar-refractivity contribution in [2.24, 2.45) is 5.92 Å². The van der Waals surface area contributed by atoms with Gasteiger partial charge in [-0.2, -0.15) is 4.68 Å². The number of aromatic nitrogens is 2. The molecule has 0 fully saturated rings. The Morgan fingerprint density at radius 3 is 2.82 bits per heavy atom. The van der Waals surface area contributed by atoms with Gasteiger partial charge in [0, 0.05) is 4.88 Å². The van der Waals surface area contributed by atoms with E-state index >= 15 is 0 Å². The first-order valence-electron chi connectivity index (χ1n) is 6.96. The quantitative estimate of drug-likeness (QED) is 0.627. The number of nitrogens with zero attached hydrogens (tertiary/aromatic N) is 3. The van der Waals surface area contributed by atoms with Crippen LogP contribution >= 0.6 is 11.3 Å². The van der Waals surface area contributed by atoms with Crippen molar-refractivity contribution in [3.05, 3.63) is 44.8 Å². The van der Waals surface area contributed by atoms with Crippen molar-refractivity contribution in [1.29, 1.82) is 0 Å². The van der Waals surface area contributed by atoms with Crippen LogP contribution in [0.25, 0.3) is 0 Å². The lowest BCUT2D eigenvalue weighted by Gasteiger charge is -2.19. The number of nitro groups is 1. The molecule has 2 aromatic heterocycles. The van der Waals surface area contributed by atoms with E-state index in [1.165, 1.54) is 16.9 Å². The summed E-state index contributed by atoms with van der Waals surface area (Å²) in [4.78, 5) is 23.2. The molecule has 1 N–H and O–H groups in total. The van der Waals surface area contributed by atoms with Crippen LogP contribution in [0.3, 0.4) is 0 Å². The van der Waals surface area contributed by atoms with E-state index in [9.17, 15) is 14.9 Å². The smallest absolute Gasteiger partial charge is 0.358 e. The van der Waals surface area contributed by atoms with E-state index in [0.717, 1.165) is 11.3 Å². The number of thiophene rings is 1. The average Bonchev–Trinajstić information content (AvgIpc) is 3.08. The van der Waals surface area contributed by atoms with Gasteiger partial charge in [-0.1, -0.05) is 19.9 Å². The van der Waals surface area contributed by atoms with Crippen molar-refractivity contribution in [3.63, 3.8) is 0 Å². The Morgan fingerprint density at radius 2 is 2.27 bits per heavy atom. The molecule has 0 spiro atoms. The number of nitrogens with one attached hydrogen (secondary N) is 1. The van der Waals surface area contributed by atoms with Crippen LogP contribution in [0.5, 0.6) is 0 Å². The van der Waals surface area contributed by atoms with Crippen LogP contribution in [0.4, 0.5) is 5.82 Å². The highest BCUT2D eigenvalue weighted by molar-refractivity contribution is 7.10. The Hall–Kier alpha value is -2.22. The van der Waals surface area contributed by atoms with Gasteiger partial charge in [-0.3, -0.25) is 4.79 Å². The summed E-state index contributed by atoms with van der Waals surface area (Å²) in [6.45, 7) is 4.17. The van der Waals surface area contributed by atoms with Gasteiger partial charge in [-0.25, -0.2) is 0 Å². The molecule has 1 amide bonds. The fraction of sp³-hybridized carbons (Fsp3) is 0.429. The lowest BCUT2D eigenvalue weighted by molar-refractivity contribution is -0.389. The number of hydrogen-bond donors (Lipinski definition) is 1. The summed E-state index contributed by atoms with van der Waals surface area (Å²) in [6.07, 6.45) is 2.27. The zero-order chi connectivity index (χ0) is 16.1. The van der Waals surface area contributed by atoms with E-state index in [1.807, 2.05) is 17.5 Å². The Kier molecular flexibility index (Phi) is 5.26. The Bertz CT molecular complexity index is 636. The fourth-order valence-electron chi connectivity index (χ4n) is 2.13. The second-order valence-corrected chi connectivity index (χ2v) is 6.37. The summed E-state index contributed by atoms with van der Waals surface area (Å²) in [5.74, 6) is -0.0278. The lowest BCUT2D eigenvalue weighted by atomic mass is 10.0. The van der Waals surface area contributed by atoms with Crippen molar-refractivity contribution >= 4 is 23.1 Å². The van der Waals surface area contributed by atoms with Crippen molar-refractivity contribution in [3.8, 4) is 0 Å². The van der Waals surface area contributed by atoms with Gasteiger partial charge in [0.05, 0.1) is 23.4 Å². The van der Waals surface area contributed by atoms with Crippen LogP contribution in [0, 0.1) is 16.0 Å². The molecule has 0 aliphatic carbocycles. The Labute approximate surface area is 132 Å². The molecule has 0 radical (unpaired) electrons. The zero-order valence-corrected chi connectivity index (χ0v) is 13.2. The van der Waals surface area contributed by atoms with Crippen molar-refractivity contribution in [2.75, 3.05) is 0 Å². The maximum atomic E-state index is 12.1. The lowest BCUT2D eigenvalue weighted by Crippen LogP contribution is -2.32. The first kappa shape index (κ1) is 16.2. The highest BCUT2D eigenvalue weighted by atomic mass is 32.1. The highest BCUT2D eigenvalue weighted by Crippen LogP contribution is 2.25. The topological polar surface area (TPSA) is 90.1 Å². The molecule has 0 bridgehead atoms. The van der Waals surface area contributed by atoms with Gasteiger partial charge in [0.1, 0.15) is 6.54 Å². The molecule has 0 aliphatic rings. The molecule has 0 saturated carbocycles. The Morgan fingerprint density at radius 1 is 1.50 bits per heavy atom. The summed E-state index contributed by atoms with van der Waals surface area (Å²) in [7, 11) is 0. The molecule has 2 aromatic rings. The molecule has 22 heavy (non-hydrogen) atoms. The summed E-state index contributed by atoms with van der Waals surface area (Å²) in [5, 5.41) is 19.3. The minimum absolute atomic E-state index is 0.0339. The van der Waals surface area contributed by atoms with E-state index < -0.39 is 4.92 Å². The van der Waals surface area contributed by atoms with Crippen LogP contribution in [0.2, 0.25) is 0 Å². The number of carbonyl (C=O) groups excluding carboxylic acids is 1. The summed E-state index contributed by atoms with van der Waals surface area (Å²) in [5.41, 5.74) is 0. The third kappa shape index (κ3) is 4.39. The van der Waals surface area contributed by atoms with E-state index in [4.69, 9.17) is 0 Å². The number of carbonyl (C=O) groups is 1. The molecule has 7 nitrogen and oxygen atoms in total. The number of hydrogen-bond acceptors (Lipinski definition) is 5. The number of amides is 1. The predicted molar refractivity (Wildman–Crippen MR) is 83.5 cm³/mol. The van der Waals surface area contributed by atoms with Crippen molar-refractivity contribution < 1.29 is 9.72 Å². The zero-order valence-electron chi connectivity index (χ0n) is 12.4. The number of rotatable bonds is 7.